The highest BCUT2D eigenvalue weighted by molar-refractivity contribution is 7.80. The molecule has 1 aliphatic rings. The molecule has 0 bridgehead atoms. The predicted octanol–water partition coefficient (Wildman–Crippen LogP) is 2.38. The predicted molar refractivity (Wildman–Crippen MR) is 63.5 cm³/mol. The summed E-state index contributed by atoms with van der Waals surface area (Å²) in [6, 6.07) is 0. The molecule has 0 N–H and O–H groups in total. The Morgan fingerprint density at radius 2 is 2.40 bits per heavy atom. The zero-order valence-electron chi connectivity index (χ0n) is 9.15. The highest BCUT2D eigenvalue weighted by atomic mass is 32.1. The summed E-state index contributed by atoms with van der Waals surface area (Å²) in [7, 11) is 0. The van der Waals surface area contributed by atoms with Crippen LogP contribution in [0.4, 0.5) is 0 Å². The van der Waals surface area contributed by atoms with Crippen molar-refractivity contribution in [1.82, 2.24) is 9.78 Å². The lowest BCUT2D eigenvalue weighted by Crippen LogP contribution is -2.37. The first-order chi connectivity index (χ1) is 7.28. The Labute approximate surface area is 96.2 Å². The largest absolute Gasteiger partial charge is 0.490 e. The third-order valence-corrected chi connectivity index (χ3v) is 3.90. The van der Waals surface area contributed by atoms with Crippen LogP contribution in [-0.4, -0.2) is 22.1 Å². The summed E-state index contributed by atoms with van der Waals surface area (Å²) < 4.78 is 7.63. The van der Waals surface area contributed by atoms with E-state index >= 15 is 0 Å². The molecular weight excluding hydrogens is 208 g/mol. The molecule has 1 aromatic rings. The fourth-order valence-corrected chi connectivity index (χ4v) is 2.26. The molecule has 4 heteroatoms. The summed E-state index contributed by atoms with van der Waals surface area (Å²) in [5.74, 6) is 1.81. The average molecular weight is 226 g/mol. The van der Waals surface area contributed by atoms with Gasteiger partial charge in [-0.1, -0.05) is 6.42 Å². The van der Waals surface area contributed by atoms with Gasteiger partial charge in [-0.3, -0.25) is 4.68 Å². The lowest BCUT2D eigenvalue weighted by Gasteiger charge is -2.40. The summed E-state index contributed by atoms with van der Waals surface area (Å²) in [5, 5.41) is 4.18. The van der Waals surface area contributed by atoms with Crippen LogP contribution in [0.15, 0.2) is 12.4 Å². The highest BCUT2D eigenvalue weighted by Gasteiger charge is 2.36. The molecule has 0 unspecified atom stereocenters. The first-order valence-electron chi connectivity index (χ1n) is 5.54. The number of thiol groups is 1. The van der Waals surface area contributed by atoms with Crippen LogP contribution in [0.1, 0.15) is 26.2 Å². The molecule has 0 aromatic carbocycles. The number of ether oxygens (including phenoxy) is 1. The Balaban J connectivity index is 1.86. The zero-order valence-corrected chi connectivity index (χ0v) is 10.0. The molecule has 1 aromatic heterocycles. The molecule has 0 amide bonds. The van der Waals surface area contributed by atoms with Crippen LogP contribution in [0, 0.1) is 5.41 Å². The average Bonchev–Trinajstić information content (AvgIpc) is 2.65. The van der Waals surface area contributed by atoms with Crippen LogP contribution < -0.4 is 4.74 Å². The van der Waals surface area contributed by atoms with E-state index in [4.69, 9.17) is 4.74 Å². The van der Waals surface area contributed by atoms with Gasteiger partial charge in [0.1, 0.15) is 0 Å². The maximum atomic E-state index is 5.75. The maximum absolute atomic E-state index is 5.75. The maximum Gasteiger partial charge on any atom is 0.157 e. The van der Waals surface area contributed by atoms with Crippen molar-refractivity contribution in [2.24, 2.45) is 5.41 Å². The van der Waals surface area contributed by atoms with Crippen LogP contribution in [0.3, 0.4) is 0 Å². The van der Waals surface area contributed by atoms with Gasteiger partial charge in [0.15, 0.2) is 5.75 Å². The molecule has 3 nitrogen and oxygen atoms in total. The second-order valence-corrected chi connectivity index (χ2v) is 4.65. The summed E-state index contributed by atoms with van der Waals surface area (Å²) in [4.78, 5) is 0. The van der Waals surface area contributed by atoms with Gasteiger partial charge in [0.2, 0.25) is 0 Å². The van der Waals surface area contributed by atoms with Gasteiger partial charge in [-0.2, -0.15) is 17.7 Å². The number of aryl methyl sites for hydroxylation is 1. The van der Waals surface area contributed by atoms with Crippen molar-refractivity contribution in [2.45, 2.75) is 32.7 Å². The molecule has 0 atom stereocenters. The van der Waals surface area contributed by atoms with E-state index in [-0.39, 0.29) is 0 Å². The Morgan fingerprint density at radius 1 is 1.60 bits per heavy atom. The van der Waals surface area contributed by atoms with Gasteiger partial charge in [-0.15, -0.1) is 0 Å². The van der Waals surface area contributed by atoms with E-state index in [9.17, 15) is 0 Å². The molecule has 1 saturated carbocycles. The van der Waals surface area contributed by atoms with Gasteiger partial charge < -0.3 is 4.74 Å². The molecule has 0 spiro atoms. The summed E-state index contributed by atoms with van der Waals surface area (Å²) in [6.45, 7) is 3.74. The minimum atomic E-state index is 0.331. The Hall–Kier alpha value is -0.640. The zero-order chi connectivity index (χ0) is 10.7. The molecule has 2 rings (SSSR count). The van der Waals surface area contributed by atoms with Crippen molar-refractivity contribution >= 4 is 12.6 Å². The monoisotopic (exact) mass is 226 g/mol. The summed E-state index contributed by atoms with van der Waals surface area (Å²) in [5.41, 5.74) is 0.331. The Kier molecular flexibility index (Phi) is 3.24. The van der Waals surface area contributed by atoms with E-state index in [0.29, 0.717) is 5.41 Å². The normalized spacial score (nSPS) is 18.5. The van der Waals surface area contributed by atoms with E-state index in [1.807, 2.05) is 10.9 Å². The molecule has 15 heavy (non-hydrogen) atoms. The third kappa shape index (κ3) is 2.30. The van der Waals surface area contributed by atoms with Gasteiger partial charge in [-0.25, -0.2) is 0 Å². The number of rotatable bonds is 5. The minimum absolute atomic E-state index is 0.331. The fourth-order valence-electron chi connectivity index (χ4n) is 1.85. The first kappa shape index (κ1) is 10.9. The molecular formula is C11H18N2OS. The van der Waals surface area contributed by atoms with Crippen molar-refractivity contribution in [3.05, 3.63) is 12.4 Å². The minimum Gasteiger partial charge on any atom is -0.490 e. The Morgan fingerprint density at radius 3 is 2.87 bits per heavy atom. The molecule has 1 aliphatic carbocycles. The quantitative estimate of drug-likeness (QED) is 0.780. The Bertz CT molecular complexity index is 315. The van der Waals surface area contributed by atoms with E-state index in [0.717, 1.165) is 24.7 Å². The molecule has 0 radical (unpaired) electrons. The fraction of sp³-hybridized carbons (Fsp3) is 0.727. The second kappa shape index (κ2) is 4.47. The molecule has 0 saturated heterocycles. The van der Waals surface area contributed by atoms with Crippen molar-refractivity contribution in [3.63, 3.8) is 0 Å². The van der Waals surface area contributed by atoms with Crippen LogP contribution in [0.25, 0.3) is 0 Å². The number of aromatic nitrogens is 2. The van der Waals surface area contributed by atoms with Gasteiger partial charge in [0, 0.05) is 12.0 Å². The van der Waals surface area contributed by atoms with Crippen LogP contribution in [0.2, 0.25) is 0 Å². The van der Waals surface area contributed by atoms with E-state index in [1.165, 1.54) is 19.3 Å². The van der Waals surface area contributed by atoms with E-state index in [1.54, 1.807) is 6.20 Å². The summed E-state index contributed by atoms with van der Waals surface area (Å²) in [6.07, 6.45) is 7.55. The van der Waals surface area contributed by atoms with Gasteiger partial charge in [0.25, 0.3) is 0 Å². The van der Waals surface area contributed by atoms with Crippen LogP contribution in [0.5, 0.6) is 5.75 Å². The topological polar surface area (TPSA) is 27.1 Å². The lowest BCUT2D eigenvalue weighted by atomic mass is 9.71. The first-order valence-corrected chi connectivity index (χ1v) is 6.17. The number of hydrogen-bond donors (Lipinski definition) is 1. The van der Waals surface area contributed by atoms with Crippen LogP contribution in [-0.2, 0) is 6.54 Å². The van der Waals surface area contributed by atoms with Crippen molar-refractivity contribution in [3.8, 4) is 5.75 Å². The SMILES string of the molecule is CCn1cc(OCC2(CS)CCC2)cn1. The smallest absolute Gasteiger partial charge is 0.157 e. The highest BCUT2D eigenvalue weighted by Crippen LogP contribution is 2.42. The molecule has 84 valence electrons. The second-order valence-electron chi connectivity index (χ2n) is 4.33. The van der Waals surface area contributed by atoms with Crippen molar-refractivity contribution in [2.75, 3.05) is 12.4 Å². The van der Waals surface area contributed by atoms with Crippen molar-refractivity contribution in [1.29, 1.82) is 0 Å². The van der Waals surface area contributed by atoms with Crippen LogP contribution >= 0.6 is 12.6 Å². The molecule has 1 heterocycles. The lowest BCUT2D eigenvalue weighted by molar-refractivity contribution is 0.0829. The van der Waals surface area contributed by atoms with Gasteiger partial charge in [0.05, 0.1) is 19.0 Å². The summed E-state index contributed by atoms with van der Waals surface area (Å²) >= 11 is 4.40. The van der Waals surface area contributed by atoms with E-state index in [2.05, 4.69) is 24.7 Å². The molecule has 1 fully saturated rings. The van der Waals surface area contributed by atoms with Gasteiger partial charge >= 0.3 is 0 Å². The third-order valence-electron chi connectivity index (χ3n) is 3.23. The van der Waals surface area contributed by atoms with Crippen molar-refractivity contribution < 1.29 is 4.74 Å². The number of hydrogen-bond acceptors (Lipinski definition) is 3. The molecule has 0 aliphatic heterocycles. The van der Waals surface area contributed by atoms with Gasteiger partial charge in [-0.05, 0) is 25.5 Å². The standard InChI is InChI=1S/C11H18N2OS/c1-2-13-7-10(6-12-13)14-8-11(9-15)4-3-5-11/h6-7,15H,2-5,8-9H2,1H3. The van der Waals surface area contributed by atoms with E-state index < -0.39 is 0 Å². The number of nitrogens with zero attached hydrogens (tertiary/aromatic N) is 2.